The van der Waals surface area contributed by atoms with Crippen molar-refractivity contribution in [2.45, 2.75) is 32.7 Å². The fourth-order valence-corrected chi connectivity index (χ4v) is 0.846. The molecule has 0 aromatic heterocycles. The van der Waals surface area contributed by atoms with Gasteiger partial charge in [0.2, 0.25) is 5.91 Å². The summed E-state index contributed by atoms with van der Waals surface area (Å²) in [5, 5.41) is 13.7. The van der Waals surface area contributed by atoms with Crippen molar-refractivity contribution >= 4 is 11.9 Å². The number of carbonyl (C=O) groups is 2. The van der Waals surface area contributed by atoms with E-state index in [0.717, 1.165) is 6.42 Å². The van der Waals surface area contributed by atoms with Crippen LogP contribution in [-0.4, -0.2) is 36.1 Å². The van der Waals surface area contributed by atoms with Gasteiger partial charge in [0.15, 0.2) is 0 Å². The number of hydrogen-bond acceptors (Lipinski definition) is 3. The Morgan fingerprint density at radius 2 is 2.07 bits per heavy atom. The number of nitrogens with one attached hydrogen (secondary N) is 2. The molecule has 1 amide bonds. The van der Waals surface area contributed by atoms with E-state index in [1.165, 1.54) is 0 Å². The van der Waals surface area contributed by atoms with E-state index in [-0.39, 0.29) is 18.5 Å². The average Bonchev–Trinajstić information content (AvgIpc) is 2.12. The fourth-order valence-electron chi connectivity index (χ4n) is 0.846. The van der Waals surface area contributed by atoms with Gasteiger partial charge in [0.25, 0.3) is 0 Å². The summed E-state index contributed by atoms with van der Waals surface area (Å²) < 4.78 is 0. The van der Waals surface area contributed by atoms with Gasteiger partial charge in [-0.3, -0.25) is 9.59 Å². The van der Waals surface area contributed by atoms with Crippen LogP contribution < -0.4 is 10.6 Å². The molecule has 5 nitrogen and oxygen atoms in total. The molecule has 82 valence electrons. The van der Waals surface area contributed by atoms with Crippen LogP contribution in [-0.2, 0) is 9.59 Å². The van der Waals surface area contributed by atoms with Crippen LogP contribution in [0.2, 0.25) is 0 Å². The summed E-state index contributed by atoms with van der Waals surface area (Å²) in [5.41, 5.74) is 0. The lowest BCUT2D eigenvalue weighted by Gasteiger charge is -2.10. The molecule has 0 heterocycles. The standard InChI is InChI=1S/C9H18N2O3/c1-3-7(2)11-8(12)4-5-10-6-9(13)14/h7,10H,3-6H2,1-2H3,(H,11,12)(H,13,14). The molecule has 0 radical (unpaired) electrons. The van der Waals surface area contributed by atoms with Crippen molar-refractivity contribution in [1.82, 2.24) is 10.6 Å². The lowest BCUT2D eigenvalue weighted by atomic mass is 10.2. The molecule has 1 unspecified atom stereocenters. The Bertz CT molecular complexity index is 194. The highest BCUT2D eigenvalue weighted by Gasteiger charge is 2.04. The Balaban J connectivity index is 3.40. The van der Waals surface area contributed by atoms with Gasteiger partial charge >= 0.3 is 5.97 Å². The predicted molar refractivity (Wildman–Crippen MR) is 53.0 cm³/mol. The molecule has 0 saturated carbocycles. The van der Waals surface area contributed by atoms with Crippen LogP contribution in [0.5, 0.6) is 0 Å². The third kappa shape index (κ3) is 7.54. The summed E-state index contributed by atoms with van der Waals surface area (Å²) in [6.07, 6.45) is 1.21. The minimum absolute atomic E-state index is 0.0442. The first-order chi connectivity index (χ1) is 6.56. The third-order valence-corrected chi connectivity index (χ3v) is 1.82. The number of amides is 1. The second kappa shape index (κ2) is 7.32. The first-order valence-electron chi connectivity index (χ1n) is 4.78. The second-order valence-corrected chi connectivity index (χ2v) is 3.20. The van der Waals surface area contributed by atoms with Gasteiger partial charge in [0, 0.05) is 19.0 Å². The van der Waals surface area contributed by atoms with Gasteiger partial charge in [-0.05, 0) is 13.3 Å². The van der Waals surface area contributed by atoms with Crippen molar-refractivity contribution in [3.63, 3.8) is 0 Å². The molecular formula is C9H18N2O3. The Morgan fingerprint density at radius 3 is 2.57 bits per heavy atom. The summed E-state index contributed by atoms with van der Waals surface area (Å²) in [6, 6.07) is 0.182. The Kier molecular flexibility index (Phi) is 6.74. The van der Waals surface area contributed by atoms with Crippen LogP contribution in [0.25, 0.3) is 0 Å². The SMILES string of the molecule is CCC(C)NC(=O)CCNCC(=O)O. The maximum absolute atomic E-state index is 11.2. The lowest BCUT2D eigenvalue weighted by molar-refractivity contribution is -0.136. The number of hydrogen-bond donors (Lipinski definition) is 3. The fraction of sp³-hybridized carbons (Fsp3) is 0.778. The average molecular weight is 202 g/mol. The quantitative estimate of drug-likeness (QED) is 0.506. The molecule has 0 aliphatic rings. The van der Waals surface area contributed by atoms with Crippen molar-refractivity contribution in [3.8, 4) is 0 Å². The predicted octanol–water partition coefficient (Wildman–Crippen LogP) is -0.0346. The third-order valence-electron chi connectivity index (χ3n) is 1.82. The lowest BCUT2D eigenvalue weighted by Crippen LogP contribution is -2.34. The molecule has 14 heavy (non-hydrogen) atoms. The highest BCUT2D eigenvalue weighted by molar-refractivity contribution is 5.76. The monoisotopic (exact) mass is 202 g/mol. The van der Waals surface area contributed by atoms with Gasteiger partial charge in [-0.1, -0.05) is 6.92 Å². The maximum Gasteiger partial charge on any atom is 0.317 e. The van der Waals surface area contributed by atoms with Crippen LogP contribution in [0.3, 0.4) is 0 Å². The van der Waals surface area contributed by atoms with Crippen LogP contribution in [0, 0.1) is 0 Å². The molecule has 0 aromatic rings. The minimum Gasteiger partial charge on any atom is -0.480 e. The van der Waals surface area contributed by atoms with E-state index in [1.807, 2.05) is 13.8 Å². The number of carbonyl (C=O) groups excluding carboxylic acids is 1. The van der Waals surface area contributed by atoms with Gasteiger partial charge in [0.1, 0.15) is 0 Å². The molecule has 0 aromatic carbocycles. The topological polar surface area (TPSA) is 78.4 Å². The smallest absolute Gasteiger partial charge is 0.317 e. The summed E-state index contributed by atoms with van der Waals surface area (Å²) in [6.45, 7) is 4.22. The molecule has 0 spiro atoms. The highest BCUT2D eigenvalue weighted by atomic mass is 16.4. The number of carboxylic acids is 1. The van der Waals surface area contributed by atoms with Gasteiger partial charge < -0.3 is 15.7 Å². The molecule has 1 atom stereocenters. The van der Waals surface area contributed by atoms with Gasteiger partial charge in [-0.2, -0.15) is 0 Å². The van der Waals surface area contributed by atoms with E-state index in [2.05, 4.69) is 10.6 Å². The van der Waals surface area contributed by atoms with Crippen molar-refractivity contribution in [3.05, 3.63) is 0 Å². The molecule has 0 aliphatic heterocycles. The van der Waals surface area contributed by atoms with Crippen LogP contribution in [0.4, 0.5) is 0 Å². The molecule has 3 N–H and O–H groups in total. The Morgan fingerprint density at radius 1 is 1.43 bits per heavy atom. The van der Waals surface area contributed by atoms with E-state index in [4.69, 9.17) is 5.11 Å². The zero-order valence-corrected chi connectivity index (χ0v) is 8.67. The van der Waals surface area contributed by atoms with Crippen molar-refractivity contribution < 1.29 is 14.7 Å². The zero-order valence-electron chi connectivity index (χ0n) is 8.67. The number of carboxylic acid groups (broad SMARTS) is 1. The highest BCUT2D eigenvalue weighted by Crippen LogP contribution is 1.88. The molecule has 0 saturated heterocycles. The Labute approximate surface area is 83.9 Å². The van der Waals surface area contributed by atoms with Crippen LogP contribution >= 0.6 is 0 Å². The van der Waals surface area contributed by atoms with Gasteiger partial charge in [-0.15, -0.1) is 0 Å². The van der Waals surface area contributed by atoms with E-state index < -0.39 is 5.97 Å². The van der Waals surface area contributed by atoms with E-state index in [9.17, 15) is 9.59 Å². The summed E-state index contributed by atoms with van der Waals surface area (Å²) in [4.78, 5) is 21.3. The molecule has 0 fully saturated rings. The maximum atomic E-state index is 11.2. The largest absolute Gasteiger partial charge is 0.480 e. The summed E-state index contributed by atoms with van der Waals surface area (Å²) >= 11 is 0. The number of aliphatic carboxylic acids is 1. The van der Waals surface area contributed by atoms with Crippen molar-refractivity contribution in [2.75, 3.05) is 13.1 Å². The normalized spacial score (nSPS) is 12.1. The molecular weight excluding hydrogens is 184 g/mol. The van der Waals surface area contributed by atoms with E-state index in [1.54, 1.807) is 0 Å². The van der Waals surface area contributed by atoms with Gasteiger partial charge in [0.05, 0.1) is 6.54 Å². The first-order valence-corrected chi connectivity index (χ1v) is 4.78. The van der Waals surface area contributed by atoms with E-state index >= 15 is 0 Å². The first kappa shape index (κ1) is 12.9. The molecule has 0 bridgehead atoms. The number of rotatable bonds is 7. The molecule has 0 aliphatic carbocycles. The second-order valence-electron chi connectivity index (χ2n) is 3.20. The van der Waals surface area contributed by atoms with Crippen LogP contribution in [0.15, 0.2) is 0 Å². The summed E-state index contributed by atoms with van der Waals surface area (Å²) in [5.74, 6) is -0.954. The summed E-state index contributed by atoms with van der Waals surface area (Å²) in [7, 11) is 0. The minimum atomic E-state index is -0.910. The Hall–Kier alpha value is -1.10. The van der Waals surface area contributed by atoms with Crippen LogP contribution in [0.1, 0.15) is 26.7 Å². The zero-order chi connectivity index (χ0) is 11.0. The van der Waals surface area contributed by atoms with Crippen molar-refractivity contribution in [1.29, 1.82) is 0 Å². The van der Waals surface area contributed by atoms with E-state index in [0.29, 0.717) is 13.0 Å². The molecule has 0 rings (SSSR count). The van der Waals surface area contributed by atoms with Gasteiger partial charge in [-0.25, -0.2) is 0 Å². The van der Waals surface area contributed by atoms with Crippen molar-refractivity contribution in [2.24, 2.45) is 0 Å². The molecule has 5 heteroatoms.